The van der Waals surface area contributed by atoms with E-state index in [1.807, 2.05) is 0 Å². The number of ketones is 1. The minimum Gasteiger partial charge on any atom is -0.481 e. The lowest BCUT2D eigenvalue weighted by Crippen LogP contribution is -2.17. The molecule has 0 aromatic rings. The van der Waals surface area contributed by atoms with Crippen molar-refractivity contribution in [1.29, 1.82) is 0 Å². The smallest absolute Gasteiger partial charge is 0.481 e. The zero-order valence-corrected chi connectivity index (χ0v) is 13.1. The van der Waals surface area contributed by atoms with Gasteiger partial charge < -0.3 is 12.7 Å². The maximum Gasteiger partial charge on any atom is 0.668 e. The molecule has 5 nitrogen and oxygen atoms in total. The van der Waals surface area contributed by atoms with Crippen LogP contribution in [0.15, 0.2) is 0 Å². The number of hydrogen-bond donors (Lipinski definition) is 1. The highest BCUT2D eigenvalue weighted by molar-refractivity contribution is 6.18. The van der Waals surface area contributed by atoms with Crippen molar-refractivity contribution < 1.29 is 22.3 Å². The number of hydrogen-bond acceptors (Lipinski definition) is 4. The average Bonchev–Trinajstić information content (AvgIpc) is 2.27. The summed E-state index contributed by atoms with van der Waals surface area (Å²) in [7, 11) is 0. The first kappa shape index (κ1) is 19.9. The molecule has 0 bridgehead atoms. The van der Waals surface area contributed by atoms with Crippen molar-refractivity contribution >= 4 is 27.6 Å². The van der Waals surface area contributed by atoms with E-state index in [9.17, 15) is 9.59 Å². The van der Waals surface area contributed by atoms with Gasteiger partial charge in [0.2, 0.25) is 0 Å². The zero-order valence-electron chi connectivity index (χ0n) is 11.9. The van der Waals surface area contributed by atoms with E-state index in [2.05, 4.69) is 27.7 Å². The van der Waals surface area contributed by atoms with Gasteiger partial charge in [-0.05, 0) is 33.6 Å². The fraction of sp³-hybridized carbons (Fsp3) is 0.833. The van der Waals surface area contributed by atoms with Gasteiger partial charge in [0.05, 0.1) is 0 Å². The Morgan fingerprint density at radius 1 is 1.11 bits per heavy atom. The van der Waals surface area contributed by atoms with Crippen LogP contribution in [-0.4, -0.2) is 45.0 Å². The van der Waals surface area contributed by atoms with E-state index in [1.165, 1.54) is 6.92 Å². The van der Waals surface area contributed by atoms with Crippen LogP contribution in [0.3, 0.4) is 0 Å². The molecule has 1 N–H and O–H groups in total. The van der Waals surface area contributed by atoms with E-state index in [4.69, 9.17) is 12.7 Å². The van der Waals surface area contributed by atoms with Gasteiger partial charge in [-0.1, -0.05) is 13.8 Å². The van der Waals surface area contributed by atoms with Crippen molar-refractivity contribution in [2.75, 3.05) is 0 Å². The molecular weight excluding hydrogens is 251 g/mol. The summed E-state index contributed by atoms with van der Waals surface area (Å²) in [4.78, 5) is 19.5. The Labute approximate surface area is 116 Å². The SMILES string of the molecule is CC(=O)CC(=O)O.CCC(C)[O][Al][O]C(C)CC. The van der Waals surface area contributed by atoms with Crippen molar-refractivity contribution in [3.05, 3.63) is 0 Å². The summed E-state index contributed by atoms with van der Waals surface area (Å²) in [5.41, 5.74) is 0. The molecule has 18 heavy (non-hydrogen) atoms. The molecule has 0 amide bonds. The fourth-order valence-electron chi connectivity index (χ4n) is 0.627. The molecule has 2 unspecified atom stereocenters. The van der Waals surface area contributed by atoms with Crippen molar-refractivity contribution in [3.63, 3.8) is 0 Å². The third kappa shape index (κ3) is 18.0. The van der Waals surface area contributed by atoms with Crippen LogP contribution in [0.5, 0.6) is 0 Å². The minimum absolute atomic E-state index is 0.250. The highest BCUT2D eigenvalue weighted by Crippen LogP contribution is 1.98. The van der Waals surface area contributed by atoms with Crippen molar-refractivity contribution in [1.82, 2.24) is 0 Å². The molecule has 0 heterocycles. The second-order valence-corrected chi connectivity index (χ2v) is 4.82. The molecule has 6 heteroatoms. The number of rotatable bonds is 8. The lowest BCUT2D eigenvalue weighted by Gasteiger charge is -2.13. The lowest BCUT2D eigenvalue weighted by molar-refractivity contribution is -0.139. The maximum atomic E-state index is 9.87. The molecule has 0 aromatic heterocycles. The molecule has 0 saturated carbocycles. The van der Waals surface area contributed by atoms with E-state index in [0.29, 0.717) is 12.2 Å². The summed E-state index contributed by atoms with van der Waals surface area (Å²) >= 11 is -0.250. The average molecular weight is 275 g/mol. The molecule has 0 rings (SSSR count). The predicted molar refractivity (Wildman–Crippen MR) is 70.4 cm³/mol. The van der Waals surface area contributed by atoms with Crippen LogP contribution in [0, 0.1) is 0 Å². The molecule has 0 saturated heterocycles. The molecule has 0 aliphatic carbocycles. The second kappa shape index (κ2) is 13.0. The number of aliphatic carboxylic acids is 1. The van der Waals surface area contributed by atoms with Crippen LogP contribution in [0.4, 0.5) is 0 Å². The molecule has 0 fully saturated rings. The van der Waals surface area contributed by atoms with E-state index < -0.39 is 5.97 Å². The quantitative estimate of drug-likeness (QED) is 0.543. The molecule has 1 radical (unpaired) electrons. The largest absolute Gasteiger partial charge is 0.668 e. The van der Waals surface area contributed by atoms with Gasteiger partial charge in [-0.3, -0.25) is 9.59 Å². The van der Waals surface area contributed by atoms with Crippen LogP contribution in [0.2, 0.25) is 0 Å². The summed E-state index contributed by atoms with van der Waals surface area (Å²) in [6.07, 6.45) is 2.48. The first-order chi connectivity index (χ1) is 8.33. The van der Waals surface area contributed by atoms with Crippen molar-refractivity contribution in [2.24, 2.45) is 0 Å². The van der Waals surface area contributed by atoms with Gasteiger partial charge >= 0.3 is 21.9 Å². The Balaban J connectivity index is 0. The zero-order chi connectivity index (χ0) is 14.6. The van der Waals surface area contributed by atoms with Gasteiger partial charge in [-0.25, -0.2) is 0 Å². The number of Topliss-reactive ketones (excluding diaryl/α,β-unsaturated/α-hetero) is 1. The summed E-state index contributed by atoms with van der Waals surface area (Å²) in [5.74, 6) is -1.37. The van der Waals surface area contributed by atoms with Crippen LogP contribution in [-0.2, 0) is 17.2 Å². The van der Waals surface area contributed by atoms with Crippen molar-refractivity contribution in [2.45, 2.75) is 66.1 Å². The number of carbonyl (C=O) groups excluding carboxylic acids is 1. The van der Waals surface area contributed by atoms with E-state index >= 15 is 0 Å². The highest BCUT2D eigenvalue weighted by Gasteiger charge is 2.06. The molecule has 0 aromatic carbocycles. The standard InChI is InChI=1S/C4H6O3.2C4H9O.Al/c1-3(5)2-4(6)7;2*1-3-4(2)5;/h2H2,1H3,(H,6,7);2*4H,3H2,1-2H3;/q;2*-1;+2. The Hall–Kier alpha value is -0.408. The molecular formula is C12H24AlO5. The number of carboxylic acids is 1. The first-order valence-electron chi connectivity index (χ1n) is 6.17. The monoisotopic (exact) mass is 275 g/mol. The summed E-state index contributed by atoms with van der Waals surface area (Å²) < 4.78 is 10.8. The Bertz CT molecular complexity index is 211. The third-order valence-corrected chi connectivity index (χ3v) is 3.28. The first-order valence-corrected chi connectivity index (χ1v) is 7.11. The maximum absolute atomic E-state index is 9.87. The summed E-state index contributed by atoms with van der Waals surface area (Å²) in [6, 6.07) is 0. The minimum atomic E-state index is -1.06. The van der Waals surface area contributed by atoms with Gasteiger partial charge in [0, 0.05) is 12.2 Å². The molecule has 2 atom stereocenters. The van der Waals surface area contributed by atoms with E-state index in [1.54, 1.807) is 0 Å². The van der Waals surface area contributed by atoms with Gasteiger partial charge in [-0.15, -0.1) is 0 Å². The van der Waals surface area contributed by atoms with Gasteiger partial charge in [0.15, 0.2) is 0 Å². The summed E-state index contributed by atoms with van der Waals surface area (Å²) in [5, 5.41) is 7.86. The number of carbonyl (C=O) groups is 2. The number of carboxylic acid groups (broad SMARTS) is 1. The topological polar surface area (TPSA) is 72.8 Å². The predicted octanol–water partition coefficient (Wildman–Crippen LogP) is 2.20. The Morgan fingerprint density at radius 2 is 1.50 bits per heavy atom. The second-order valence-electron chi connectivity index (χ2n) is 4.08. The van der Waals surface area contributed by atoms with Crippen LogP contribution in [0.25, 0.3) is 0 Å². The fourth-order valence-corrected chi connectivity index (χ4v) is 1.46. The molecule has 0 aliphatic heterocycles. The third-order valence-electron chi connectivity index (χ3n) is 2.13. The molecule has 105 valence electrons. The lowest BCUT2D eigenvalue weighted by atomic mass is 10.3. The molecule has 0 spiro atoms. The Kier molecular flexibility index (Phi) is 14.4. The molecule has 0 aliphatic rings. The van der Waals surface area contributed by atoms with Gasteiger partial charge in [0.1, 0.15) is 12.2 Å². The van der Waals surface area contributed by atoms with Crippen LogP contribution < -0.4 is 0 Å². The Morgan fingerprint density at radius 3 is 1.67 bits per heavy atom. The normalized spacial score (nSPS) is 12.9. The highest BCUT2D eigenvalue weighted by atomic mass is 27.2. The van der Waals surface area contributed by atoms with E-state index in [-0.39, 0.29) is 28.1 Å². The summed E-state index contributed by atoms with van der Waals surface area (Å²) in [6.45, 7) is 9.63. The van der Waals surface area contributed by atoms with Crippen LogP contribution in [0.1, 0.15) is 53.9 Å². The van der Waals surface area contributed by atoms with Gasteiger partial charge in [-0.2, -0.15) is 0 Å². The van der Waals surface area contributed by atoms with E-state index in [0.717, 1.165) is 12.8 Å². The van der Waals surface area contributed by atoms with Crippen molar-refractivity contribution in [3.8, 4) is 0 Å². The van der Waals surface area contributed by atoms with Gasteiger partial charge in [0.25, 0.3) is 0 Å². The van der Waals surface area contributed by atoms with Crippen LogP contribution >= 0.6 is 0 Å².